The third-order valence-corrected chi connectivity index (χ3v) is 5.66. The van der Waals surface area contributed by atoms with Crippen LogP contribution in [-0.2, 0) is 9.59 Å². The summed E-state index contributed by atoms with van der Waals surface area (Å²) in [6.45, 7) is 2.20. The van der Waals surface area contributed by atoms with Gasteiger partial charge in [0.1, 0.15) is 17.1 Å². The van der Waals surface area contributed by atoms with Crippen molar-refractivity contribution in [2.75, 3.05) is 32.8 Å². The number of anilines is 1. The van der Waals surface area contributed by atoms with Crippen molar-refractivity contribution in [2.45, 2.75) is 6.92 Å². The lowest BCUT2D eigenvalue weighted by Crippen LogP contribution is -2.54. The Balaban J connectivity index is 2.12. The first-order valence-electron chi connectivity index (χ1n) is 9.58. The van der Waals surface area contributed by atoms with Gasteiger partial charge in [-0.15, -0.1) is 0 Å². The topological polar surface area (TPSA) is 103 Å². The molecule has 1 heterocycles. The number of urea groups is 1. The molecule has 2 aromatic carbocycles. The molecular formula is C22H20BrClN2O7. The Morgan fingerprint density at radius 3 is 2.24 bits per heavy atom. The lowest BCUT2D eigenvalue weighted by Gasteiger charge is -2.28. The van der Waals surface area contributed by atoms with E-state index in [2.05, 4.69) is 21.2 Å². The van der Waals surface area contributed by atoms with Crippen LogP contribution in [0.1, 0.15) is 12.5 Å². The molecule has 3 rings (SSSR count). The van der Waals surface area contributed by atoms with Crippen LogP contribution in [0.5, 0.6) is 23.0 Å². The van der Waals surface area contributed by atoms with Crippen molar-refractivity contribution in [3.8, 4) is 23.0 Å². The SMILES string of the molecule is CCOc1cc(C=C2C(=O)NC(=O)N(c3cc(OC)c(Cl)cc3OC)C2=O)c(Br)cc1OC. The van der Waals surface area contributed by atoms with Crippen molar-refractivity contribution >= 4 is 57.1 Å². The van der Waals surface area contributed by atoms with E-state index in [9.17, 15) is 14.4 Å². The zero-order chi connectivity index (χ0) is 24.3. The summed E-state index contributed by atoms with van der Waals surface area (Å²) in [6.07, 6.45) is 1.35. The normalized spacial score (nSPS) is 14.9. The smallest absolute Gasteiger partial charge is 0.336 e. The first-order valence-corrected chi connectivity index (χ1v) is 10.8. The van der Waals surface area contributed by atoms with Gasteiger partial charge in [-0.1, -0.05) is 27.5 Å². The van der Waals surface area contributed by atoms with Crippen LogP contribution >= 0.6 is 27.5 Å². The molecule has 1 saturated heterocycles. The van der Waals surface area contributed by atoms with E-state index in [1.807, 2.05) is 6.92 Å². The minimum atomic E-state index is -0.936. The average Bonchev–Trinajstić information content (AvgIpc) is 2.78. The molecule has 1 fully saturated rings. The van der Waals surface area contributed by atoms with E-state index in [-0.39, 0.29) is 27.8 Å². The number of hydrogen-bond donors (Lipinski definition) is 1. The maximum atomic E-state index is 13.3. The highest BCUT2D eigenvalue weighted by molar-refractivity contribution is 9.10. The van der Waals surface area contributed by atoms with E-state index in [4.69, 9.17) is 30.5 Å². The Morgan fingerprint density at radius 1 is 0.970 bits per heavy atom. The molecule has 0 aliphatic carbocycles. The molecule has 9 nitrogen and oxygen atoms in total. The lowest BCUT2D eigenvalue weighted by atomic mass is 10.1. The number of rotatable bonds is 7. The quantitative estimate of drug-likeness (QED) is 0.416. The number of halogens is 2. The van der Waals surface area contributed by atoms with Crippen molar-refractivity contribution in [2.24, 2.45) is 0 Å². The van der Waals surface area contributed by atoms with Gasteiger partial charge in [0, 0.05) is 16.6 Å². The third kappa shape index (κ3) is 4.76. The van der Waals surface area contributed by atoms with Crippen molar-refractivity contribution < 1.29 is 33.3 Å². The van der Waals surface area contributed by atoms with Crippen LogP contribution in [0.2, 0.25) is 5.02 Å². The first-order chi connectivity index (χ1) is 15.7. The van der Waals surface area contributed by atoms with Crippen molar-refractivity contribution in [3.05, 3.63) is 44.9 Å². The molecule has 0 radical (unpaired) electrons. The number of carbonyl (C=O) groups is 3. The largest absolute Gasteiger partial charge is 0.495 e. The number of carbonyl (C=O) groups excluding carboxylic acids is 3. The lowest BCUT2D eigenvalue weighted by molar-refractivity contribution is -0.122. The number of methoxy groups -OCH3 is 3. The van der Waals surface area contributed by atoms with Gasteiger partial charge in [0.2, 0.25) is 0 Å². The third-order valence-electron chi connectivity index (χ3n) is 4.68. The maximum Gasteiger partial charge on any atom is 0.336 e. The molecule has 0 atom stereocenters. The molecule has 1 N–H and O–H groups in total. The van der Waals surface area contributed by atoms with Crippen LogP contribution in [0, 0.1) is 0 Å². The minimum absolute atomic E-state index is 0.0588. The molecule has 0 unspecified atom stereocenters. The zero-order valence-corrected chi connectivity index (χ0v) is 20.5. The number of ether oxygens (including phenoxy) is 4. The van der Waals surface area contributed by atoms with Crippen molar-refractivity contribution in [3.63, 3.8) is 0 Å². The highest BCUT2D eigenvalue weighted by atomic mass is 79.9. The van der Waals surface area contributed by atoms with Gasteiger partial charge in [0.25, 0.3) is 11.8 Å². The second kappa shape index (κ2) is 10.1. The van der Waals surface area contributed by atoms with Gasteiger partial charge in [0.15, 0.2) is 11.5 Å². The van der Waals surface area contributed by atoms with Gasteiger partial charge in [-0.3, -0.25) is 14.9 Å². The standard InChI is InChI=1S/C22H20BrClN2O7/c1-5-33-19-7-11(13(23)8-18(19)32-4)6-12-20(27)25-22(29)26(21(12)28)15-10-16(30-2)14(24)9-17(15)31-3/h6-10H,5H2,1-4H3,(H,25,27,29). The van der Waals surface area contributed by atoms with E-state index >= 15 is 0 Å². The molecule has 2 aromatic rings. The molecule has 11 heteroatoms. The van der Waals surface area contributed by atoms with Crippen LogP contribution in [0.4, 0.5) is 10.5 Å². The Morgan fingerprint density at radius 2 is 1.64 bits per heavy atom. The molecule has 0 bridgehead atoms. The molecule has 1 aliphatic rings. The molecule has 174 valence electrons. The second-order valence-electron chi connectivity index (χ2n) is 6.57. The maximum absolute atomic E-state index is 13.3. The summed E-state index contributed by atoms with van der Waals surface area (Å²) in [6, 6.07) is 5.12. The highest BCUT2D eigenvalue weighted by Crippen LogP contribution is 2.40. The molecule has 33 heavy (non-hydrogen) atoms. The summed E-state index contributed by atoms with van der Waals surface area (Å²) in [5, 5.41) is 2.39. The van der Waals surface area contributed by atoms with Gasteiger partial charge in [-0.2, -0.15) is 0 Å². The van der Waals surface area contributed by atoms with Crippen LogP contribution < -0.4 is 29.2 Å². The fourth-order valence-electron chi connectivity index (χ4n) is 3.14. The van der Waals surface area contributed by atoms with Crippen LogP contribution in [-0.4, -0.2) is 45.8 Å². The molecule has 0 saturated carbocycles. The van der Waals surface area contributed by atoms with E-state index in [1.54, 1.807) is 12.1 Å². The predicted octanol–water partition coefficient (Wildman–Crippen LogP) is 4.19. The minimum Gasteiger partial charge on any atom is -0.495 e. The predicted molar refractivity (Wildman–Crippen MR) is 125 cm³/mol. The van der Waals surface area contributed by atoms with Crippen molar-refractivity contribution in [1.82, 2.24) is 5.32 Å². The van der Waals surface area contributed by atoms with Crippen LogP contribution in [0.3, 0.4) is 0 Å². The average molecular weight is 540 g/mol. The van der Waals surface area contributed by atoms with E-state index in [0.29, 0.717) is 28.1 Å². The number of nitrogens with zero attached hydrogens (tertiary/aromatic N) is 1. The molecule has 4 amide bonds. The summed E-state index contributed by atoms with van der Waals surface area (Å²) in [7, 11) is 4.25. The van der Waals surface area contributed by atoms with Crippen LogP contribution in [0.15, 0.2) is 34.3 Å². The summed E-state index contributed by atoms with van der Waals surface area (Å²) >= 11 is 9.54. The molecular weight excluding hydrogens is 520 g/mol. The van der Waals surface area contributed by atoms with E-state index in [1.165, 1.54) is 39.5 Å². The highest BCUT2D eigenvalue weighted by Gasteiger charge is 2.38. The number of benzene rings is 2. The zero-order valence-electron chi connectivity index (χ0n) is 18.2. The molecule has 0 spiro atoms. The number of hydrogen-bond acceptors (Lipinski definition) is 7. The summed E-state index contributed by atoms with van der Waals surface area (Å²) in [4.78, 5) is 39.3. The fraction of sp³-hybridized carbons (Fsp3) is 0.227. The Kier molecular flexibility index (Phi) is 7.50. The Labute approximate surface area is 203 Å². The number of imide groups is 2. The fourth-order valence-corrected chi connectivity index (χ4v) is 3.81. The summed E-state index contributed by atoms with van der Waals surface area (Å²) in [5.74, 6) is -0.443. The van der Waals surface area contributed by atoms with E-state index < -0.39 is 17.8 Å². The number of nitrogens with one attached hydrogen (secondary N) is 1. The van der Waals surface area contributed by atoms with Gasteiger partial charge >= 0.3 is 6.03 Å². The number of barbiturate groups is 1. The van der Waals surface area contributed by atoms with Gasteiger partial charge < -0.3 is 18.9 Å². The van der Waals surface area contributed by atoms with Gasteiger partial charge in [-0.25, -0.2) is 9.69 Å². The van der Waals surface area contributed by atoms with Gasteiger partial charge in [0.05, 0.1) is 38.6 Å². The Hall–Kier alpha value is -3.24. The van der Waals surface area contributed by atoms with Crippen LogP contribution in [0.25, 0.3) is 6.08 Å². The Bertz CT molecular complexity index is 1170. The number of amides is 4. The monoisotopic (exact) mass is 538 g/mol. The molecule has 1 aliphatic heterocycles. The summed E-state index contributed by atoms with van der Waals surface area (Å²) < 4.78 is 21.9. The van der Waals surface area contributed by atoms with Crippen molar-refractivity contribution in [1.29, 1.82) is 0 Å². The summed E-state index contributed by atoms with van der Waals surface area (Å²) in [5.41, 5.74) is 0.245. The molecule has 0 aromatic heterocycles. The van der Waals surface area contributed by atoms with Gasteiger partial charge in [-0.05, 0) is 30.7 Å². The first kappa shape index (κ1) is 24.4. The van der Waals surface area contributed by atoms with E-state index in [0.717, 1.165) is 4.90 Å². The second-order valence-corrected chi connectivity index (χ2v) is 7.84.